The highest BCUT2D eigenvalue weighted by Crippen LogP contribution is 2.38. The molecule has 134 valence electrons. The summed E-state index contributed by atoms with van der Waals surface area (Å²) in [5, 5.41) is 29.5. The van der Waals surface area contributed by atoms with Crippen molar-refractivity contribution >= 4 is 0 Å². The van der Waals surface area contributed by atoms with E-state index in [9.17, 15) is 15.3 Å². The van der Waals surface area contributed by atoms with Gasteiger partial charge in [-0.05, 0) is 19.4 Å². The molecule has 0 amide bonds. The number of hydrogen-bond donors (Lipinski definition) is 3. The van der Waals surface area contributed by atoms with Crippen LogP contribution in [0.1, 0.15) is 19.4 Å². The molecule has 2 aliphatic rings. The van der Waals surface area contributed by atoms with Crippen LogP contribution in [0.25, 0.3) is 0 Å². The predicted octanol–water partition coefficient (Wildman–Crippen LogP) is 0.162. The summed E-state index contributed by atoms with van der Waals surface area (Å²) in [6.45, 7) is 3.23. The van der Waals surface area contributed by atoms with Crippen LogP contribution in [0.3, 0.4) is 0 Å². The van der Waals surface area contributed by atoms with E-state index in [0.29, 0.717) is 0 Å². The zero-order valence-electron chi connectivity index (χ0n) is 13.7. The normalized spacial score (nSPS) is 36.3. The molecule has 2 fully saturated rings. The predicted molar refractivity (Wildman–Crippen MR) is 82.8 cm³/mol. The van der Waals surface area contributed by atoms with Crippen molar-refractivity contribution in [3.8, 4) is 0 Å². The molecule has 7 nitrogen and oxygen atoms in total. The first-order chi connectivity index (χ1) is 11.4. The molecule has 0 saturated carbocycles. The monoisotopic (exact) mass is 340 g/mol. The maximum absolute atomic E-state index is 10.4. The van der Waals surface area contributed by atoms with E-state index in [0.717, 1.165) is 5.56 Å². The molecule has 2 heterocycles. The van der Waals surface area contributed by atoms with Gasteiger partial charge in [0, 0.05) is 0 Å². The zero-order valence-corrected chi connectivity index (χ0v) is 13.7. The Morgan fingerprint density at radius 1 is 1.17 bits per heavy atom. The Morgan fingerprint density at radius 3 is 2.50 bits per heavy atom. The number of hydrogen-bond acceptors (Lipinski definition) is 7. The van der Waals surface area contributed by atoms with Gasteiger partial charge in [-0.3, -0.25) is 0 Å². The Labute approximate surface area is 140 Å². The number of ether oxygens (including phenoxy) is 4. The Bertz CT molecular complexity index is 535. The second-order valence-corrected chi connectivity index (χ2v) is 6.57. The van der Waals surface area contributed by atoms with Crippen LogP contribution in [0.2, 0.25) is 0 Å². The summed E-state index contributed by atoms with van der Waals surface area (Å²) in [4.78, 5) is 0. The minimum atomic E-state index is -1.24. The van der Waals surface area contributed by atoms with Gasteiger partial charge in [0.2, 0.25) is 0 Å². The van der Waals surface area contributed by atoms with Crippen LogP contribution in [0.5, 0.6) is 0 Å². The molecule has 6 atom stereocenters. The van der Waals surface area contributed by atoms with Crippen LogP contribution in [-0.2, 0) is 25.6 Å². The fraction of sp³-hybridized carbons (Fsp3) is 0.647. The van der Waals surface area contributed by atoms with Crippen molar-refractivity contribution in [1.82, 2.24) is 0 Å². The van der Waals surface area contributed by atoms with Crippen molar-refractivity contribution in [3.63, 3.8) is 0 Å². The van der Waals surface area contributed by atoms with E-state index in [1.165, 1.54) is 0 Å². The molecule has 3 rings (SSSR count). The molecule has 0 bridgehead atoms. The topological polar surface area (TPSA) is 97.6 Å². The largest absolute Gasteiger partial charge is 0.394 e. The molecule has 2 saturated heterocycles. The van der Waals surface area contributed by atoms with Crippen LogP contribution in [-0.4, -0.2) is 64.5 Å². The average Bonchev–Trinajstić information content (AvgIpc) is 2.90. The van der Waals surface area contributed by atoms with Crippen LogP contribution in [0, 0.1) is 0 Å². The molecule has 3 N–H and O–H groups in total. The summed E-state index contributed by atoms with van der Waals surface area (Å²) in [5.41, 5.74) is 0.959. The average molecular weight is 340 g/mol. The quantitative estimate of drug-likeness (QED) is 0.702. The molecule has 0 unspecified atom stereocenters. The number of rotatable bonds is 5. The molecule has 7 heteroatoms. The molecular formula is C17H24O7. The van der Waals surface area contributed by atoms with Crippen LogP contribution >= 0.6 is 0 Å². The van der Waals surface area contributed by atoms with Crippen molar-refractivity contribution in [1.29, 1.82) is 0 Å². The SMILES string of the molecule is CC1(C)O[C@@H]2[C@H](OCc3ccccc3)O[C@H]([C@@H](O)CO)[C@@H](O)[C@@H]2O1. The molecular weight excluding hydrogens is 316 g/mol. The molecule has 0 aliphatic carbocycles. The smallest absolute Gasteiger partial charge is 0.187 e. The second kappa shape index (κ2) is 7.05. The zero-order chi connectivity index (χ0) is 17.3. The van der Waals surface area contributed by atoms with E-state index in [1.807, 2.05) is 30.3 Å². The molecule has 2 aliphatic heterocycles. The van der Waals surface area contributed by atoms with E-state index in [-0.39, 0.29) is 6.61 Å². The minimum absolute atomic E-state index is 0.288. The van der Waals surface area contributed by atoms with Gasteiger partial charge in [0.25, 0.3) is 0 Å². The van der Waals surface area contributed by atoms with Crippen molar-refractivity contribution in [3.05, 3.63) is 35.9 Å². The number of aliphatic hydroxyl groups excluding tert-OH is 3. The Kier molecular flexibility index (Phi) is 5.22. The molecule has 0 aromatic heterocycles. The maximum Gasteiger partial charge on any atom is 0.187 e. The third-order valence-corrected chi connectivity index (χ3v) is 4.22. The first kappa shape index (κ1) is 17.8. The van der Waals surface area contributed by atoms with E-state index in [1.54, 1.807) is 13.8 Å². The molecule has 1 aromatic carbocycles. The third kappa shape index (κ3) is 3.62. The summed E-state index contributed by atoms with van der Waals surface area (Å²) in [6, 6.07) is 9.57. The van der Waals surface area contributed by atoms with E-state index >= 15 is 0 Å². The van der Waals surface area contributed by atoms with Gasteiger partial charge in [0.1, 0.15) is 30.5 Å². The van der Waals surface area contributed by atoms with Crippen LogP contribution in [0.15, 0.2) is 30.3 Å². The summed E-state index contributed by atoms with van der Waals surface area (Å²) in [7, 11) is 0. The lowest BCUT2D eigenvalue weighted by atomic mass is 9.95. The van der Waals surface area contributed by atoms with Crippen molar-refractivity contribution in [2.24, 2.45) is 0 Å². The van der Waals surface area contributed by atoms with Crippen molar-refractivity contribution < 1.29 is 34.3 Å². The van der Waals surface area contributed by atoms with Gasteiger partial charge in [-0.2, -0.15) is 0 Å². The fourth-order valence-electron chi connectivity index (χ4n) is 3.10. The fourth-order valence-corrected chi connectivity index (χ4v) is 3.10. The number of fused-ring (bicyclic) bond motifs is 1. The molecule has 1 aromatic rings. The van der Waals surface area contributed by atoms with Crippen molar-refractivity contribution in [2.75, 3.05) is 6.61 Å². The molecule has 24 heavy (non-hydrogen) atoms. The molecule has 0 spiro atoms. The van der Waals surface area contributed by atoms with Crippen LogP contribution < -0.4 is 0 Å². The van der Waals surface area contributed by atoms with Gasteiger partial charge in [-0.15, -0.1) is 0 Å². The lowest BCUT2D eigenvalue weighted by Crippen LogP contribution is -2.60. The number of aliphatic hydroxyl groups is 3. The lowest BCUT2D eigenvalue weighted by Gasteiger charge is -2.41. The summed E-state index contributed by atoms with van der Waals surface area (Å²) in [6.07, 6.45) is -5.55. The molecule has 0 radical (unpaired) electrons. The standard InChI is InChI=1S/C17H24O7/c1-17(2)23-14-12(20)13(11(19)8-18)22-16(15(14)24-17)21-9-10-6-4-3-5-7-10/h3-7,11-16,18-20H,8-9H2,1-2H3/t11-,12+,13+,14-,15-,16+/m0/s1. The second-order valence-electron chi connectivity index (χ2n) is 6.57. The number of benzene rings is 1. The summed E-state index contributed by atoms with van der Waals surface area (Å²) in [5.74, 6) is -0.896. The van der Waals surface area contributed by atoms with Gasteiger partial charge in [-0.1, -0.05) is 30.3 Å². The Hall–Kier alpha value is -1.06. The first-order valence-electron chi connectivity index (χ1n) is 8.05. The van der Waals surface area contributed by atoms with Gasteiger partial charge >= 0.3 is 0 Å². The Balaban J connectivity index is 1.75. The van der Waals surface area contributed by atoms with Gasteiger partial charge < -0.3 is 34.3 Å². The first-order valence-corrected chi connectivity index (χ1v) is 8.05. The van der Waals surface area contributed by atoms with Crippen LogP contribution in [0.4, 0.5) is 0 Å². The van der Waals surface area contributed by atoms with E-state index < -0.39 is 49.2 Å². The third-order valence-electron chi connectivity index (χ3n) is 4.22. The highest BCUT2D eigenvalue weighted by molar-refractivity contribution is 5.13. The lowest BCUT2D eigenvalue weighted by molar-refractivity contribution is -0.295. The maximum atomic E-state index is 10.4. The van der Waals surface area contributed by atoms with Gasteiger partial charge in [0.15, 0.2) is 12.1 Å². The van der Waals surface area contributed by atoms with Gasteiger partial charge in [0.05, 0.1) is 13.2 Å². The van der Waals surface area contributed by atoms with Crippen molar-refractivity contribution in [2.45, 2.75) is 63.1 Å². The highest BCUT2D eigenvalue weighted by Gasteiger charge is 2.56. The summed E-state index contributed by atoms with van der Waals surface area (Å²) >= 11 is 0. The summed E-state index contributed by atoms with van der Waals surface area (Å²) < 4.78 is 23.1. The van der Waals surface area contributed by atoms with Gasteiger partial charge in [-0.25, -0.2) is 0 Å². The van der Waals surface area contributed by atoms with E-state index in [2.05, 4.69) is 0 Å². The Morgan fingerprint density at radius 2 is 1.83 bits per heavy atom. The van der Waals surface area contributed by atoms with E-state index in [4.69, 9.17) is 18.9 Å². The highest BCUT2D eigenvalue weighted by atomic mass is 16.8. The minimum Gasteiger partial charge on any atom is -0.394 e.